The zero-order valence-electron chi connectivity index (χ0n) is 17.4. The molecule has 0 saturated carbocycles. The molecule has 0 aromatic carbocycles. The van der Waals surface area contributed by atoms with E-state index in [0.29, 0.717) is 12.5 Å². The van der Waals surface area contributed by atoms with Gasteiger partial charge in [-0.25, -0.2) is 4.98 Å². The Labute approximate surface area is 169 Å². The van der Waals surface area contributed by atoms with E-state index in [-0.39, 0.29) is 11.6 Å². The predicted octanol–water partition coefficient (Wildman–Crippen LogP) is 4.88. The molecule has 7 heteroatoms. The van der Waals surface area contributed by atoms with Crippen LogP contribution in [0.2, 0.25) is 0 Å². The summed E-state index contributed by atoms with van der Waals surface area (Å²) in [6, 6.07) is 0.284. The molecule has 3 aromatic heterocycles. The molecule has 3 heterocycles. The number of hydrogen-bond donors (Lipinski definition) is 1. The Morgan fingerprint density at radius 3 is 2.64 bits per heavy atom. The van der Waals surface area contributed by atoms with Gasteiger partial charge in [0.1, 0.15) is 4.83 Å². The second kappa shape index (κ2) is 7.35. The summed E-state index contributed by atoms with van der Waals surface area (Å²) in [7, 11) is 0. The van der Waals surface area contributed by atoms with Crippen LogP contribution in [-0.2, 0) is 19.4 Å². The van der Waals surface area contributed by atoms with E-state index < -0.39 is 0 Å². The van der Waals surface area contributed by atoms with Crippen LogP contribution >= 0.6 is 11.3 Å². The second-order valence-electron chi connectivity index (χ2n) is 7.99. The number of rotatable bonds is 5. The standard InChI is InChI=1S/C21H29N5OS/c1-6-11-25-20(27)17-15-9-7-8-10-16(15)28-19(17)23-21(25)22-18-13(4)24-26(12(2)3)14(18)5/h12H,6-11H2,1-5H3,(H,22,23). The number of hydrogen-bond acceptors (Lipinski definition) is 5. The number of anilines is 2. The Kier molecular flexibility index (Phi) is 5.04. The zero-order valence-corrected chi connectivity index (χ0v) is 18.2. The van der Waals surface area contributed by atoms with Crippen LogP contribution in [0.5, 0.6) is 0 Å². The second-order valence-corrected chi connectivity index (χ2v) is 9.08. The molecular formula is C21H29N5OS. The molecule has 0 fully saturated rings. The van der Waals surface area contributed by atoms with Crippen LogP contribution in [0.1, 0.15) is 67.9 Å². The largest absolute Gasteiger partial charge is 0.322 e. The average molecular weight is 400 g/mol. The summed E-state index contributed by atoms with van der Waals surface area (Å²) in [6.45, 7) is 11.1. The lowest BCUT2D eigenvalue weighted by Gasteiger charge is -2.15. The van der Waals surface area contributed by atoms with Gasteiger partial charge in [-0.2, -0.15) is 5.10 Å². The first-order chi connectivity index (χ1) is 13.4. The lowest BCUT2D eigenvalue weighted by atomic mass is 9.97. The number of thiophene rings is 1. The van der Waals surface area contributed by atoms with E-state index in [1.165, 1.54) is 23.3 Å². The Balaban J connectivity index is 1.87. The molecule has 0 aliphatic heterocycles. The van der Waals surface area contributed by atoms with Crippen LogP contribution in [0.4, 0.5) is 11.6 Å². The van der Waals surface area contributed by atoms with Gasteiger partial charge >= 0.3 is 0 Å². The van der Waals surface area contributed by atoms with Gasteiger partial charge in [-0.15, -0.1) is 11.3 Å². The van der Waals surface area contributed by atoms with E-state index in [1.54, 1.807) is 11.3 Å². The molecule has 1 aliphatic carbocycles. The zero-order chi connectivity index (χ0) is 20.0. The first kappa shape index (κ1) is 19.2. The van der Waals surface area contributed by atoms with Crippen molar-refractivity contribution in [3.8, 4) is 0 Å². The number of aryl methyl sites for hydroxylation is 3. The Morgan fingerprint density at radius 1 is 1.21 bits per heavy atom. The molecule has 0 radical (unpaired) electrons. The predicted molar refractivity (Wildman–Crippen MR) is 116 cm³/mol. The number of nitrogens with one attached hydrogen (secondary N) is 1. The Hall–Kier alpha value is -2.15. The highest BCUT2D eigenvalue weighted by Gasteiger charge is 2.23. The molecule has 3 aromatic rings. The summed E-state index contributed by atoms with van der Waals surface area (Å²) in [4.78, 5) is 20.6. The average Bonchev–Trinajstić information content (AvgIpc) is 3.17. The van der Waals surface area contributed by atoms with Crippen molar-refractivity contribution < 1.29 is 0 Å². The summed E-state index contributed by atoms with van der Waals surface area (Å²) in [5, 5.41) is 8.97. The van der Waals surface area contributed by atoms with E-state index in [0.717, 1.165) is 46.6 Å². The lowest BCUT2D eigenvalue weighted by molar-refractivity contribution is 0.516. The van der Waals surface area contributed by atoms with E-state index in [4.69, 9.17) is 4.98 Å². The highest BCUT2D eigenvalue weighted by molar-refractivity contribution is 7.18. The quantitative estimate of drug-likeness (QED) is 0.664. The van der Waals surface area contributed by atoms with Crippen molar-refractivity contribution in [3.05, 3.63) is 32.2 Å². The van der Waals surface area contributed by atoms with Gasteiger partial charge in [-0.1, -0.05) is 6.92 Å². The molecule has 0 atom stereocenters. The van der Waals surface area contributed by atoms with Crippen molar-refractivity contribution in [2.75, 3.05) is 5.32 Å². The van der Waals surface area contributed by atoms with Gasteiger partial charge in [0, 0.05) is 17.5 Å². The molecule has 150 valence electrons. The number of aromatic nitrogens is 4. The fourth-order valence-electron chi connectivity index (χ4n) is 4.22. The maximum atomic E-state index is 13.4. The van der Waals surface area contributed by atoms with Crippen molar-refractivity contribution >= 4 is 33.2 Å². The topological polar surface area (TPSA) is 64.7 Å². The van der Waals surface area contributed by atoms with E-state index in [1.807, 2.05) is 16.2 Å². The molecule has 1 aliphatic rings. The molecular weight excluding hydrogens is 370 g/mol. The molecule has 1 N–H and O–H groups in total. The molecule has 0 bridgehead atoms. The first-order valence-electron chi connectivity index (χ1n) is 10.3. The summed E-state index contributed by atoms with van der Waals surface area (Å²) in [5.41, 5.74) is 4.29. The summed E-state index contributed by atoms with van der Waals surface area (Å²) >= 11 is 1.70. The van der Waals surface area contributed by atoms with Crippen molar-refractivity contribution in [1.29, 1.82) is 0 Å². The maximum absolute atomic E-state index is 13.4. The van der Waals surface area contributed by atoms with Crippen LogP contribution in [0.3, 0.4) is 0 Å². The number of nitrogens with zero attached hydrogens (tertiary/aromatic N) is 4. The normalized spacial score (nSPS) is 14.1. The van der Waals surface area contributed by atoms with Crippen molar-refractivity contribution in [2.24, 2.45) is 0 Å². The van der Waals surface area contributed by atoms with Crippen LogP contribution in [0.15, 0.2) is 4.79 Å². The van der Waals surface area contributed by atoms with Gasteiger partial charge in [-0.05, 0) is 65.4 Å². The number of fused-ring (bicyclic) bond motifs is 3. The molecule has 6 nitrogen and oxygen atoms in total. The Bertz CT molecular complexity index is 1090. The highest BCUT2D eigenvalue weighted by atomic mass is 32.1. The van der Waals surface area contributed by atoms with Gasteiger partial charge in [0.15, 0.2) is 0 Å². The third kappa shape index (κ3) is 3.05. The molecule has 0 unspecified atom stereocenters. The molecule has 0 amide bonds. The molecule has 0 saturated heterocycles. The van der Waals surface area contributed by atoms with Crippen molar-refractivity contribution in [1.82, 2.24) is 19.3 Å². The third-order valence-corrected chi connectivity index (χ3v) is 6.76. The van der Waals surface area contributed by atoms with Gasteiger partial charge in [0.25, 0.3) is 5.56 Å². The Morgan fingerprint density at radius 2 is 1.96 bits per heavy atom. The molecule has 4 rings (SSSR count). The summed E-state index contributed by atoms with van der Waals surface area (Å²) in [6.07, 6.45) is 5.34. The van der Waals surface area contributed by atoms with Crippen LogP contribution < -0.4 is 10.9 Å². The fourth-order valence-corrected chi connectivity index (χ4v) is 5.48. The molecule has 28 heavy (non-hydrogen) atoms. The molecule has 0 spiro atoms. The van der Waals surface area contributed by atoms with Gasteiger partial charge in [0.05, 0.1) is 22.5 Å². The van der Waals surface area contributed by atoms with Gasteiger partial charge < -0.3 is 5.32 Å². The minimum Gasteiger partial charge on any atom is -0.322 e. The third-order valence-electron chi connectivity index (χ3n) is 5.57. The van der Waals surface area contributed by atoms with Crippen LogP contribution in [0, 0.1) is 13.8 Å². The maximum Gasteiger partial charge on any atom is 0.263 e. The lowest BCUT2D eigenvalue weighted by Crippen LogP contribution is -2.24. The van der Waals surface area contributed by atoms with E-state index >= 15 is 0 Å². The van der Waals surface area contributed by atoms with E-state index in [2.05, 4.69) is 38.1 Å². The van der Waals surface area contributed by atoms with Crippen molar-refractivity contribution in [3.63, 3.8) is 0 Å². The van der Waals surface area contributed by atoms with E-state index in [9.17, 15) is 4.79 Å². The van der Waals surface area contributed by atoms with Crippen molar-refractivity contribution in [2.45, 2.75) is 79.3 Å². The summed E-state index contributed by atoms with van der Waals surface area (Å²) < 4.78 is 3.83. The van der Waals surface area contributed by atoms with Gasteiger partial charge in [-0.3, -0.25) is 14.0 Å². The first-order valence-corrected chi connectivity index (χ1v) is 11.1. The smallest absolute Gasteiger partial charge is 0.263 e. The fraction of sp³-hybridized carbons (Fsp3) is 0.571. The SMILES string of the molecule is CCCn1c(Nc2c(C)nn(C(C)C)c2C)nc2sc3c(c2c1=O)CCCC3. The van der Waals surface area contributed by atoms with Gasteiger partial charge in [0.2, 0.25) is 5.95 Å². The van der Waals surface area contributed by atoms with Crippen LogP contribution in [0.25, 0.3) is 10.2 Å². The van der Waals surface area contributed by atoms with Crippen LogP contribution in [-0.4, -0.2) is 19.3 Å². The monoisotopic (exact) mass is 399 g/mol. The minimum atomic E-state index is 0.0975. The summed E-state index contributed by atoms with van der Waals surface area (Å²) in [5.74, 6) is 0.632. The highest BCUT2D eigenvalue weighted by Crippen LogP contribution is 2.35. The minimum absolute atomic E-state index is 0.0975.